The van der Waals surface area contributed by atoms with Gasteiger partial charge in [0, 0.05) is 43.7 Å². The summed E-state index contributed by atoms with van der Waals surface area (Å²) in [4.78, 5) is 55.1. The molecule has 0 fully saturated rings. The summed E-state index contributed by atoms with van der Waals surface area (Å²) in [5.74, 6) is 0. The van der Waals surface area contributed by atoms with Gasteiger partial charge in [-0.2, -0.15) is 37.2 Å². The zero-order chi connectivity index (χ0) is 73.5. The third-order valence-corrected chi connectivity index (χ3v) is 18.0. The average Bonchev–Trinajstić information content (AvgIpc) is 1.74. The van der Waals surface area contributed by atoms with Gasteiger partial charge in [0.25, 0.3) is 0 Å². The molecule has 104 heavy (non-hydrogen) atoms. The van der Waals surface area contributed by atoms with E-state index in [9.17, 15) is 0 Å². The van der Waals surface area contributed by atoms with E-state index in [0.717, 1.165) is 165 Å². The van der Waals surface area contributed by atoms with Gasteiger partial charge in [-0.25, -0.2) is 0 Å². The summed E-state index contributed by atoms with van der Waals surface area (Å²) >= 11 is 28.6. The summed E-state index contributed by atoms with van der Waals surface area (Å²) in [7, 11) is 0. The third-order valence-electron chi connectivity index (χ3n) is 18.0. The molecule has 0 unspecified atom stereocenters. The van der Waals surface area contributed by atoms with Crippen molar-refractivity contribution >= 4 is 143 Å². The second-order valence-electron chi connectivity index (χ2n) is 24.2. The van der Waals surface area contributed by atoms with Crippen molar-refractivity contribution < 1.29 is 33.6 Å². The van der Waals surface area contributed by atoms with Crippen molar-refractivity contribution in [2.45, 2.75) is 179 Å². The summed E-state index contributed by atoms with van der Waals surface area (Å²) in [6.45, 7) is 26.2. The molecule has 6 aromatic rings. The van der Waals surface area contributed by atoms with Gasteiger partial charge in [0.15, 0.2) is 0 Å². The van der Waals surface area contributed by atoms with Crippen molar-refractivity contribution in [1.29, 1.82) is 0 Å². The van der Waals surface area contributed by atoms with Gasteiger partial charge in [-0.1, -0.05) is 188 Å². The Morgan fingerprint density at radius 1 is 0.298 bits per heavy atom. The molecule has 6 aliphatic heterocycles. The number of allylic oxidation sites excluding steroid dienone is 12. The topological polar surface area (TPSA) is 159 Å². The Bertz CT molecular complexity index is 4210. The molecule has 0 atom stereocenters. The standard InChI is InChI=1S/3C27H30N4.3CH2Cl2.2Co/c3*1-5-20-16-30-26(24(20)7-3)12-22-10-18(14-28-22)9-19-11-23(29-15-19)13-27-25(8-4)21(6-2)17-31-27;3*2-1-3;;/h3*10-17H,5-9H2,1-4H3;3*1H2;;/q3*-2;;;;2*+3/b26-12-,27-13-;22-12-,27-13-;22-12-,23-13-;;;;;. The number of aromatic nitrogens is 6. The monoisotopic (exact) mass is 1600 g/mol. The van der Waals surface area contributed by atoms with Crippen LogP contribution in [-0.2, 0) is 84.9 Å². The molecule has 0 spiro atoms. The van der Waals surface area contributed by atoms with Crippen LogP contribution in [0.3, 0.4) is 0 Å². The van der Waals surface area contributed by atoms with Crippen molar-refractivity contribution in [3.8, 4) is 0 Å². The van der Waals surface area contributed by atoms with Crippen molar-refractivity contribution in [3.05, 3.63) is 242 Å². The molecule has 0 N–H and O–H groups in total. The van der Waals surface area contributed by atoms with Crippen molar-refractivity contribution in [2.24, 2.45) is 30.0 Å². The average molecular weight is 1600 g/mol. The zero-order valence-corrected chi connectivity index (χ0v) is 68.5. The first-order chi connectivity index (χ1) is 49.7. The van der Waals surface area contributed by atoms with Gasteiger partial charge >= 0.3 is 33.6 Å². The van der Waals surface area contributed by atoms with Gasteiger partial charge in [0.05, 0.1) is 50.2 Å². The van der Waals surface area contributed by atoms with E-state index < -0.39 is 0 Å². The Morgan fingerprint density at radius 3 is 0.837 bits per heavy atom. The number of hydrogen-bond donors (Lipinski definition) is 0. The van der Waals surface area contributed by atoms with Crippen LogP contribution < -0.4 is 29.9 Å². The van der Waals surface area contributed by atoms with E-state index in [4.69, 9.17) is 69.6 Å². The quantitative estimate of drug-likeness (QED) is 0.0549. The van der Waals surface area contributed by atoms with E-state index >= 15 is 0 Å². The number of halogens is 6. The minimum absolute atomic E-state index is 0. The Kier molecular flexibility index (Phi) is 39.3. The van der Waals surface area contributed by atoms with Gasteiger partial charge in [-0.05, 0) is 158 Å². The maximum Gasteiger partial charge on any atom is 3.00 e. The predicted molar refractivity (Wildman–Crippen MR) is 442 cm³/mol. The molecule has 0 saturated carbocycles. The molecule has 0 saturated heterocycles. The summed E-state index contributed by atoms with van der Waals surface area (Å²) in [6, 6.07) is 6.45. The van der Waals surface area contributed by atoms with Gasteiger partial charge in [0.1, 0.15) is 0 Å². The van der Waals surface area contributed by atoms with E-state index in [1.54, 1.807) is 0 Å². The van der Waals surface area contributed by atoms with Crippen LogP contribution in [0.1, 0.15) is 212 Å². The first-order valence-electron chi connectivity index (χ1n) is 35.6. The second-order valence-corrected chi connectivity index (χ2v) is 26.7. The molecule has 12 nitrogen and oxygen atoms in total. The van der Waals surface area contributed by atoms with Crippen LogP contribution in [-0.4, -0.2) is 53.3 Å². The SMILES string of the molecule is CCC1=C(CC)/C(=C/c2cc(CC3=C/C(=C/c4[n-]cc(CC)c4CC)N=C3)c[n-]2)N=C1.CCC1=C(CC)/C(=C/c2cc(Cc3c[n-]c(/C=C4\N=CC(CC)=C4CC)c3)c[n-]2)N=C1.CCc1c[n-]c(/C=C2/C=C(CC3=C/C(=C/c4[n-]cc(CC)c4CC)N=C3)C=N2)c1CC.ClCCl.ClCCl.ClCCl.[Co+3].[Co+3]. The number of hydrogen-bond acceptors (Lipinski definition) is 6. The third kappa shape index (κ3) is 24.7. The first kappa shape index (κ1) is 88.0. The molecule has 0 aliphatic carbocycles. The van der Waals surface area contributed by atoms with Gasteiger partial charge in [-0.15, -0.1) is 104 Å². The molecule has 0 aromatic carbocycles. The number of aliphatic imine (C=N–C) groups is 6. The maximum absolute atomic E-state index is 4.76. The van der Waals surface area contributed by atoms with Crippen molar-refractivity contribution in [1.82, 2.24) is 29.9 Å². The molecule has 6 aliphatic rings. The van der Waals surface area contributed by atoms with E-state index in [1.165, 1.54) is 100 Å². The predicted octanol–water partition coefficient (Wildman–Crippen LogP) is 22.0. The number of aryl methyl sites for hydroxylation is 3. The van der Waals surface area contributed by atoms with Crippen LogP contribution in [0.4, 0.5) is 0 Å². The largest absolute Gasteiger partial charge is 3.00 e. The Labute approximate surface area is 668 Å². The van der Waals surface area contributed by atoms with E-state index in [-0.39, 0.29) is 49.6 Å². The number of nitrogens with zero attached hydrogens (tertiary/aromatic N) is 12. The molecule has 20 heteroatoms. The smallest absolute Gasteiger partial charge is 0.664 e. The summed E-state index contributed by atoms with van der Waals surface area (Å²) < 4.78 is 0. The Balaban J connectivity index is 0.000000262. The number of alkyl halides is 6. The minimum atomic E-state index is 0. The summed E-state index contributed by atoms with van der Waals surface area (Å²) in [6.07, 6.45) is 57.4. The molecule has 0 bridgehead atoms. The Morgan fingerprint density at radius 2 is 0.577 bits per heavy atom. The zero-order valence-electron chi connectivity index (χ0n) is 61.9. The van der Waals surface area contributed by atoms with Crippen LogP contribution >= 0.6 is 69.6 Å². The molecule has 12 rings (SSSR count). The van der Waals surface area contributed by atoms with E-state index in [2.05, 4.69) is 216 Å². The van der Waals surface area contributed by atoms with Crippen molar-refractivity contribution in [3.63, 3.8) is 0 Å². The maximum atomic E-state index is 4.76. The molecule has 6 aromatic heterocycles. The second kappa shape index (κ2) is 46.4. The molecule has 12 heterocycles. The van der Waals surface area contributed by atoms with Gasteiger partial charge < -0.3 is 29.9 Å². The molecular formula is C84H96Cl6Co2N12. The molecule has 552 valence electrons. The first-order valence-corrected chi connectivity index (χ1v) is 38.8. The van der Waals surface area contributed by atoms with Gasteiger partial charge in [-0.3, -0.25) is 30.0 Å². The van der Waals surface area contributed by atoms with E-state index in [1.807, 2.05) is 74.5 Å². The van der Waals surface area contributed by atoms with Crippen LogP contribution in [0.15, 0.2) is 188 Å². The van der Waals surface area contributed by atoms with Crippen molar-refractivity contribution in [2.75, 3.05) is 16.0 Å². The van der Waals surface area contributed by atoms with E-state index in [0.29, 0.717) is 0 Å². The van der Waals surface area contributed by atoms with Gasteiger partial charge in [0.2, 0.25) is 0 Å². The number of rotatable bonds is 24. The fraction of sp³-hybridized carbons (Fsp3) is 0.357. The molecular weight excluding hydrogens is 1510 g/mol. The summed E-state index contributed by atoms with van der Waals surface area (Å²) in [5.41, 5.74) is 35.4. The normalized spacial score (nSPS) is 16.8. The molecule has 0 radical (unpaired) electrons. The fourth-order valence-electron chi connectivity index (χ4n) is 13.0. The Hall–Kier alpha value is -6.67. The van der Waals surface area contributed by atoms with Crippen LogP contribution in [0.5, 0.6) is 0 Å². The van der Waals surface area contributed by atoms with Crippen LogP contribution in [0, 0.1) is 0 Å². The molecule has 0 amide bonds. The van der Waals surface area contributed by atoms with Crippen LogP contribution in [0.2, 0.25) is 0 Å². The fourth-order valence-corrected chi connectivity index (χ4v) is 13.0. The van der Waals surface area contributed by atoms with Crippen LogP contribution in [0.25, 0.3) is 36.5 Å². The minimum Gasteiger partial charge on any atom is -0.664 e. The summed E-state index contributed by atoms with van der Waals surface area (Å²) in [5, 5.41) is 0.583.